The molecular formula is C26H21F2N5O. The van der Waals surface area contributed by atoms with Gasteiger partial charge in [0.1, 0.15) is 17.3 Å². The highest BCUT2D eigenvalue weighted by molar-refractivity contribution is 6.16. The van der Waals surface area contributed by atoms with E-state index in [0.717, 1.165) is 55.3 Å². The van der Waals surface area contributed by atoms with Gasteiger partial charge in [-0.05, 0) is 37.4 Å². The number of carbonyl (C=O) groups excluding carboxylic acids is 1. The van der Waals surface area contributed by atoms with E-state index in [2.05, 4.69) is 37.7 Å². The van der Waals surface area contributed by atoms with E-state index in [1.807, 2.05) is 12.1 Å². The number of hydrogen-bond acceptors (Lipinski definition) is 5. The third kappa shape index (κ3) is 3.80. The number of terminal acetylenes is 1. The fraction of sp³-hybridized carbons (Fsp3) is 0.192. The zero-order chi connectivity index (χ0) is 23.8. The number of aromatic nitrogens is 3. The summed E-state index contributed by atoms with van der Waals surface area (Å²) in [5.74, 6) is 0.219. The van der Waals surface area contributed by atoms with Crippen molar-refractivity contribution in [3.8, 4) is 23.5 Å². The maximum absolute atomic E-state index is 14.7. The predicted octanol–water partition coefficient (Wildman–Crippen LogP) is 3.87. The van der Waals surface area contributed by atoms with Crippen LogP contribution < -0.4 is 4.90 Å². The molecule has 5 rings (SSSR count). The first-order chi connectivity index (χ1) is 16.5. The second-order valence-electron chi connectivity index (χ2n) is 8.28. The van der Waals surface area contributed by atoms with Gasteiger partial charge >= 0.3 is 0 Å². The molecule has 0 amide bonds. The minimum Gasteiger partial charge on any atom is -0.354 e. The number of carbonyl (C=O) groups is 1. The number of piperazine rings is 1. The molecule has 6 nitrogen and oxygen atoms in total. The van der Waals surface area contributed by atoms with Crippen molar-refractivity contribution < 1.29 is 13.6 Å². The molecule has 4 aromatic rings. The van der Waals surface area contributed by atoms with Crippen molar-refractivity contribution >= 4 is 22.6 Å². The number of halogens is 2. The lowest BCUT2D eigenvalue weighted by Gasteiger charge is -2.33. The van der Waals surface area contributed by atoms with Gasteiger partial charge in [0.15, 0.2) is 5.82 Å². The van der Waals surface area contributed by atoms with E-state index in [4.69, 9.17) is 6.42 Å². The zero-order valence-corrected chi connectivity index (χ0v) is 18.5. The lowest BCUT2D eigenvalue weighted by Crippen LogP contribution is -2.44. The Morgan fingerprint density at radius 2 is 1.82 bits per heavy atom. The molecule has 0 unspecified atom stereocenters. The number of nitrogens with zero attached hydrogens (tertiary/aromatic N) is 4. The molecule has 4 heterocycles. The van der Waals surface area contributed by atoms with Crippen LogP contribution in [0.25, 0.3) is 22.2 Å². The number of hydrogen-bond donors (Lipinski definition) is 1. The number of aromatic amines is 1. The van der Waals surface area contributed by atoms with Gasteiger partial charge in [0, 0.05) is 66.8 Å². The van der Waals surface area contributed by atoms with E-state index in [1.165, 1.54) is 6.20 Å². The Kier molecular flexibility index (Phi) is 5.56. The first kappa shape index (κ1) is 21.7. The maximum atomic E-state index is 14.7. The standard InChI is InChI=1S/C26H21F2N5O/c1-3-16-4-6-21(27)23(24(16)28)25(34)20-15-31-26-19(20)12-18(14-30-26)17-5-7-22(29-13-17)33-10-8-32(2)9-11-33/h1,4-7,12-15H,8-11H2,2H3,(H,30,31). The number of ketones is 1. The number of likely N-dealkylation sites (N-methyl/N-ethyl adjacent to an activating group) is 1. The van der Waals surface area contributed by atoms with E-state index in [9.17, 15) is 13.6 Å². The first-order valence-corrected chi connectivity index (χ1v) is 10.8. The Morgan fingerprint density at radius 3 is 2.53 bits per heavy atom. The van der Waals surface area contributed by atoms with Gasteiger partial charge in [-0.2, -0.15) is 0 Å². The average molecular weight is 457 g/mol. The number of anilines is 1. The summed E-state index contributed by atoms with van der Waals surface area (Å²) in [6.07, 6.45) is 10.1. The molecule has 0 saturated carbocycles. The highest BCUT2D eigenvalue weighted by atomic mass is 19.1. The molecule has 0 radical (unpaired) electrons. The summed E-state index contributed by atoms with van der Waals surface area (Å²) in [5.41, 5.74) is 1.24. The molecule has 0 bridgehead atoms. The van der Waals surface area contributed by atoms with Crippen molar-refractivity contribution in [2.75, 3.05) is 38.1 Å². The van der Waals surface area contributed by atoms with Gasteiger partial charge < -0.3 is 14.8 Å². The summed E-state index contributed by atoms with van der Waals surface area (Å²) in [5, 5.41) is 0.454. The largest absolute Gasteiger partial charge is 0.354 e. The van der Waals surface area contributed by atoms with Crippen LogP contribution in [0.1, 0.15) is 21.5 Å². The van der Waals surface area contributed by atoms with Gasteiger partial charge in [0.25, 0.3) is 0 Å². The van der Waals surface area contributed by atoms with E-state index < -0.39 is 23.0 Å². The molecule has 1 saturated heterocycles. The summed E-state index contributed by atoms with van der Waals surface area (Å²) in [4.78, 5) is 29.5. The number of pyridine rings is 2. The monoisotopic (exact) mass is 457 g/mol. The molecule has 170 valence electrons. The summed E-state index contributed by atoms with van der Waals surface area (Å²) < 4.78 is 29.1. The fourth-order valence-electron chi connectivity index (χ4n) is 4.14. The van der Waals surface area contributed by atoms with Crippen molar-refractivity contribution in [1.29, 1.82) is 0 Å². The number of nitrogens with one attached hydrogen (secondary N) is 1. The molecule has 0 aliphatic carbocycles. The van der Waals surface area contributed by atoms with E-state index in [1.54, 1.807) is 18.5 Å². The van der Waals surface area contributed by atoms with Gasteiger partial charge in [-0.1, -0.05) is 5.92 Å². The molecule has 3 aromatic heterocycles. The van der Waals surface area contributed by atoms with Crippen LogP contribution in [0.15, 0.2) is 48.9 Å². The summed E-state index contributed by atoms with van der Waals surface area (Å²) in [6.45, 7) is 3.80. The van der Waals surface area contributed by atoms with E-state index >= 15 is 0 Å². The average Bonchev–Trinajstić information content (AvgIpc) is 3.28. The molecule has 34 heavy (non-hydrogen) atoms. The Morgan fingerprint density at radius 1 is 1.06 bits per heavy atom. The number of benzene rings is 1. The van der Waals surface area contributed by atoms with Crippen LogP contribution >= 0.6 is 0 Å². The number of fused-ring (bicyclic) bond motifs is 1. The fourth-order valence-corrected chi connectivity index (χ4v) is 4.14. The normalized spacial score (nSPS) is 14.4. The van der Waals surface area contributed by atoms with E-state index in [-0.39, 0.29) is 11.1 Å². The SMILES string of the molecule is C#Cc1ccc(F)c(C(=O)c2c[nH]c3ncc(-c4ccc(N5CCN(C)CC5)nc4)cc23)c1F. The molecule has 1 fully saturated rings. The third-order valence-electron chi connectivity index (χ3n) is 6.16. The van der Waals surface area contributed by atoms with Crippen molar-refractivity contribution in [2.24, 2.45) is 0 Å². The molecule has 1 aliphatic heterocycles. The number of rotatable bonds is 4. The molecule has 8 heteroatoms. The Labute approximate surface area is 195 Å². The van der Waals surface area contributed by atoms with Crippen LogP contribution in [0.3, 0.4) is 0 Å². The lowest BCUT2D eigenvalue weighted by molar-refractivity contribution is 0.103. The van der Waals surface area contributed by atoms with Crippen LogP contribution in [-0.4, -0.2) is 58.9 Å². The van der Waals surface area contributed by atoms with Crippen molar-refractivity contribution in [2.45, 2.75) is 0 Å². The van der Waals surface area contributed by atoms with Gasteiger partial charge in [-0.25, -0.2) is 18.7 Å². The molecule has 0 atom stereocenters. The molecular weight excluding hydrogens is 436 g/mol. The minimum atomic E-state index is -1.05. The minimum absolute atomic E-state index is 0.110. The Balaban J connectivity index is 1.49. The molecule has 1 aromatic carbocycles. The van der Waals surface area contributed by atoms with Crippen molar-refractivity contribution in [3.63, 3.8) is 0 Å². The number of H-pyrrole nitrogens is 1. The summed E-state index contributed by atoms with van der Waals surface area (Å²) in [6, 6.07) is 7.81. The molecule has 1 N–H and O–H groups in total. The third-order valence-corrected chi connectivity index (χ3v) is 6.16. The second-order valence-corrected chi connectivity index (χ2v) is 8.28. The van der Waals surface area contributed by atoms with Gasteiger partial charge in [0.2, 0.25) is 5.78 Å². The van der Waals surface area contributed by atoms with Crippen molar-refractivity contribution in [3.05, 3.63) is 77.2 Å². The summed E-state index contributed by atoms with van der Waals surface area (Å²) >= 11 is 0. The highest BCUT2D eigenvalue weighted by Crippen LogP contribution is 2.28. The van der Waals surface area contributed by atoms with Crippen LogP contribution in [-0.2, 0) is 0 Å². The highest BCUT2D eigenvalue weighted by Gasteiger charge is 2.24. The van der Waals surface area contributed by atoms with Crippen molar-refractivity contribution in [1.82, 2.24) is 19.9 Å². The second kappa shape index (κ2) is 8.69. The van der Waals surface area contributed by atoms with Crippen LogP contribution in [0.4, 0.5) is 14.6 Å². The zero-order valence-electron chi connectivity index (χ0n) is 18.5. The van der Waals surface area contributed by atoms with Gasteiger partial charge in [-0.15, -0.1) is 6.42 Å². The van der Waals surface area contributed by atoms with E-state index in [0.29, 0.717) is 11.0 Å². The van der Waals surface area contributed by atoms with Crippen LogP contribution in [0, 0.1) is 24.0 Å². The quantitative estimate of drug-likeness (QED) is 0.372. The maximum Gasteiger partial charge on any atom is 0.201 e. The van der Waals surface area contributed by atoms with Crippen LogP contribution in [0.2, 0.25) is 0 Å². The molecule has 1 aliphatic rings. The first-order valence-electron chi connectivity index (χ1n) is 10.8. The smallest absolute Gasteiger partial charge is 0.201 e. The Bertz CT molecular complexity index is 1430. The Hall–Kier alpha value is -4.09. The summed E-state index contributed by atoms with van der Waals surface area (Å²) in [7, 11) is 2.10. The molecule has 0 spiro atoms. The van der Waals surface area contributed by atoms with Gasteiger partial charge in [-0.3, -0.25) is 4.79 Å². The topological polar surface area (TPSA) is 65.1 Å². The predicted molar refractivity (Wildman–Crippen MR) is 127 cm³/mol. The van der Waals surface area contributed by atoms with Crippen LogP contribution in [0.5, 0.6) is 0 Å². The lowest BCUT2D eigenvalue weighted by atomic mass is 9.99. The van der Waals surface area contributed by atoms with Gasteiger partial charge in [0.05, 0.1) is 11.1 Å².